The number of carbonyl (C=O) groups is 5. The SMILES string of the molecule is CC(C)(C)OC(=O)C(C)(N)OC(=O)OCC1C(NC(=O)OCc2ccccc2)C(=O)N1C(=O)NS(=O)(=O)Cl. The molecule has 4 N–H and O–H groups in total. The number of hydrogen-bond donors (Lipinski definition) is 3. The van der Waals surface area contributed by atoms with E-state index in [1.54, 1.807) is 51.1 Å². The molecule has 0 aromatic heterocycles. The quantitative estimate of drug-likeness (QED) is 0.129. The van der Waals surface area contributed by atoms with Crippen LogP contribution in [0.1, 0.15) is 33.3 Å². The zero-order valence-electron chi connectivity index (χ0n) is 20.8. The lowest BCUT2D eigenvalue weighted by Crippen LogP contribution is -2.74. The minimum atomic E-state index is -4.58. The Morgan fingerprint density at radius 3 is 2.21 bits per heavy atom. The van der Waals surface area contributed by atoms with Crippen LogP contribution in [0.5, 0.6) is 0 Å². The van der Waals surface area contributed by atoms with Gasteiger partial charge >= 0.3 is 33.5 Å². The summed E-state index contributed by atoms with van der Waals surface area (Å²) in [4.78, 5) is 61.6. The van der Waals surface area contributed by atoms with E-state index < -0.39 is 69.4 Å². The summed E-state index contributed by atoms with van der Waals surface area (Å²) in [5.41, 5.74) is 3.12. The fraction of sp³-hybridized carbons (Fsp3) is 0.476. The Bertz CT molecular complexity index is 1190. The number of nitrogens with two attached hydrogens (primary N) is 1. The average Bonchev–Trinajstić information content (AvgIpc) is 2.76. The minimum absolute atomic E-state index is 0.143. The van der Waals surface area contributed by atoms with E-state index in [0.717, 1.165) is 6.92 Å². The van der Waals surface area contributed by atoms with Crippen LogP contribution in [0.4, 0.5) is 14.4 Å². The maximum Gasteiger partial charge on any atom is 0.510 e. The maximum absolute atomic E-state index is 12.5. The van der Waals surface area contributed by atoms with Gasteiger partial charge in [0.25, 0.3) is 11.6 Å². The van der Waals surface area contributed by atoms with E-state index in [2.05, 4.69) is 5.32 Å². The number of alkyl carbamates (subject to hydrolysis) is 1. The maximum atomic E-state index is 12.5. The molecule has 0 aliphatic carbocycles. The lowest BCUT2D eigenvalue weighted by Gasteiger charge is -2.44. The Hall–Kier alpha value is -3.63. The van der Waals surface area contributed by atoms with Crippen LogP contribution in [-0.2, 0) is 44.4 Å². The molecule has 1 fully saturated rings. The highest BCUT2D eigenvalue weighted by Crippen LogP contribution is 2.23. The molecule has 0 bridgehead atoms. The smallest absolute Gasteiger partial charge is 0.456 e. The first-order chi connectivity index (χ1) is 17.4. The Kier molecular flexibility index (Phi) is 9.52. The zero-order chi connectivity index (χ0) is 28.9. The third-order valence-corrected chi connectivity index (χ3v) is 5.26. The van der Waals surface area contributed by atoms with Crippen molar-refractivity contribution in [3.05, 3.63) is 35.9 Å². The number of carbonyl (C=O) groups excluding carboxylic acids is 5. The van der Waals surface area contributed by atoms with Gasteiger partial charge in [0.05, 0.1) is 0 Å². The minimum Gasteiger partial charge on any atom is -0.456 e. The summed E-state index contributed by atoms with van der Waals surface area (Å²) in [7, 11) is 0.409. The summed E-state index contributed by atoms with van der Waals surface area (Å²) < 4.78 is 43.5. The molecule has 0 spiro atoms. The van der Waals surface area contributed by atoms with Gasteiger partial charge in [-0.05, 0) is 26.3 Å². The standard InChI is InChI=1S/C21H27ClN4O11S/c1-20(2,3)36-16(28)21(4,23)37-19(31)35-11-13-14(15(27)26(13)17(29)25-38(22,32)33)24-18(30)34-10-12-8-6-5-7-9-12/h5-9,13-14H,10-11,23H2,1-4H3,(H,24,30)(H,25,29). The van der Waals surface area contributed by atoms with Crippen LogP contribution in [-0.4, -0.2) is 73.5 Å². The van der Waals surface area contributed by atoms with E-state index in [0.29, 0.717) is 10.5 Å². The number of urea groups is 1. The number of likely N-dealkylation sites (tertiary alicyclic amines) is 1. The van der Waals surface area contributed by atoms with Gasteiger partial charge in [-0.25, -0.2) is 23.9 Å². The normalized spacial score (nSPS) is 18.8. The Balaban J connectivity index is 2.06. The summed E-state index contributed by atoms with van der Waals surface area (Å²) >= 11 is 0. The van der Waals surface area contributed by atoms with Crippen LogP contribution in [0.25, 0.3) is 0 Å². The van der Waals surface area contributed by atoms with Gasteiger partial charge in [-0.15, -0.1) is 0 Å². The van der Waals surface area contributed by atoms with E-state index >= 15 is 0 Å². The van der Waals surface area contributed by atoms with Crippen LogP contribution in [0, 0.1) is 0 Å². The second-order valence-electron chi connectivity index (χ2n) is 9.08. The highest BCUT2D eigenvalue weighted by atomic mass is 35.7. The van der Waals surface area contributed by atoms with Gasteiger partial charge in [0.1, 0.15) is 30.9 Å². The number of imide groups is 1. The molecule has 0 saturated carbocycles. The molecule has 1 aromatic rings. The van der Waals surface area contributed by atoms with Crippen LogP contribution in [0.2, 0.25) is 0 Å². The van der Waals surface area contributed by atoms with E-state index in [1.165, 1.54) is 4.72 Å². The second kappa shape index (κ2) is 11.8. The molecule has 1 saturated heterocycles. The molecule has 15 nitrogen and oxygen atoms in total. The summed E-state index contributed by atoms with van der Waals surface area (Å²) in [5, 5.41) is 2.20. The van der Waals surface area contributed by atoms with Crippen molar-refractivity contribution in [3.8, 4) is 0 Å². The zero-order valence-corrected chi connectivity index (χ0v) is 22.3. The average molecular weight is 579 g/mol. The van der Waals surface area contributed by atoms with Crippen molar-refractivity contribution in [2.45, 2.75) is 57.7 Å². The van der Waals surface area contributed by atoms with Gasteiger partial charge in [-0.3, -0.25) is 15.4 Å². The van der Waals surface area contributed by atoms with Gasteiger partial charge in [-0.1, -0.05) is 30.3 Å². The van der Waals surface area contributed by atoms with Crippen LogP contribution in [0.15, 0.2) is 30.3 Å². The van der Waals surface area contributed by atoms with E-state index in [1.807, 2.05) is 0 Å². The van der Waals surface area contributed by atoms with Crippen molar-refractivity contribution in [2.24, 2.45) is 5.73 Å². The number of β-lactam (4-membered cyclic amide) rings is 1. The molecule has 4 amide bonds. The molecule has 1 aliphatic rings. The van der Waals surface area contributed by atoms with Crippen LogP contribution >= 0.6 is 10.7 Å². The van der Waals surface area contributed by atoms with Crippen molar-refractivity contribution in [3.63, 3.8) is 0 Å². The lowest BCUT2D eigenvalue weighted by atomic mass is 9.96. The fourth-order valence-electron chi connectivity index (χ4n) is 2.95. The van der Waals surface area contributed by atoms with Crippen LogP contribution < -0.4 is 15.8 Å². The molecule has 210 valence electrons. The first kappa shape index (κ1) is 30.6. The van der Waals surface area contributed by atoms with Gasteiger partial charge < -0.3 is 24.3 Å². The molecular weight excluding hydrogens is 552 g/mol. The predicted molar refractivity (Wildman–Crippen MR) is 128 cm³/mol. The number of hydrogen-bond acceptors (Lipinski definition) is 12. The topological polar surface area (TPSA) is 210 Å². The first-order valence-corrected chi connectivity index (χ1v) is 13.2. The molecule has 1 aliphatic heterocycles. The molecule has 3 atom stereocenters. The van der Waals surface area contributed by atoms with E-state index in [-0.39, 0.29) is 6.61 Å². The highest BCUT2D eigenvalue weighted by Gasteiger charge is 2.53. The Labute approximate surface area is 222 Å². The summed E-state index contributed by atoms with van der Waals surface area (Å²) in [5.74, 6) is -2.14. The molecule has 17 heteroatoms. The number of halogens is 1. The molecule has 1 aromatic carbocycles. The third kappa shape index (κ3) is 9.04. The number of nitrogens with zero attached hydrogens (tertiary/aromatic N) is 1. The Morgan fingerprint density at radius 2 is 1.66 bits per heavy atom. The van der Waals surface area contributed by atoms with E-state index in [4.69, 9.17) is 35.4 Å². The molecule has 2 rings (SSSR count). The van der Waals surface area contributed by atoms with Crippen LogP contribution in [0.3, 0.4) is 0 Å². The molecule has 0 radical (unpaired) electrons. The monoisotopic (exact) mass is 578 g/mol. The van der Waals surface area contributed by atoms with E-state index in [9.17, 15) is 32.4 Å². The summed E-state index contributed by atoms with van der Waals surface area (Å²) in [6.45, 7) is 4.78. The number of benzene rings is 1. The summed E-state index contributed by atoms with van der Waals surface area (Å²) in [6.07, 6.45) is -2.54. The third-order valence-electron chi connectivity index (χ3n) is 4.61. The first-order valence-electron chi connectivity index (χ1n) is 10.8. The number of ether oxygens (including phenoxy) is 4. The Morgan fingerprint density at radius 1 is 1.05 bits per heavy atom. The van der Waals surface area contributed by atoms with Gasteiger partial charge in [0, 0.05) is 17.6 Å². The molecule has 38 heavy (non-hydrogen) atoms. The predicted octanol–water partition coefficient (Wildman–Crippen LogP) is 0.855. The largest absolute Gasteiger partial charge is 0.510 e. The van der Waals surface area contributed by atoms with Crippen molar-refractivity contribution >= 4 is 50.1 Å². The number of amides is 4. The number of nitrogens with one attached hydrogen (secondary N) is 2. The highest BCUT2D eigenvalue weighted by molar-refractivity contribution is 8.12. The number of esters is 1. The molecule has 1 heterocycles. The van der Waals surface area contributed by atoms with Gasteiger partial charge in [0.2, 0.25) is 0 Å². The second-order valence-corrected chi connectivity index (χ2v) is 11.4. The number of rotatable bonds is 8. The molecule has 3 unspecified atom stereocenters. The van der Waals surface area contributed by atoms with Crippen molar-refractivity contribution in [1.29, 1.82) is 0 Å². The summed E-state index contributed by atoms with van der Waals surface area (Å²) in [6, 6.07) is 4.21. The fourth-order valence-corrected chi connectivity index (χ4v) is 3.45. The van der Waals surface area contributed by atoms with Crippen molar-refractivity contribution in [1.82, 2.24) is 14.9 Å². The van der Waals surface area contributed by atoms with Crippen molar-refractivity contribution < 1.29 is 51.3 Å². The lowest BCUT2D eigenvalue weighted by molar-refractivity contribution is -0.177. The molecular formula is C21H27ClN4O11S. The van der Waals surface area contributed by atoms with Gasteiger partial charge in [-0.2, -0.15) is 8.42 Å². The van der Waals surface area contributed by atoms with Gasteiger partial charge in [0.15, 0.2) is 0 Å². The van der Waals surface area contributed by atoms with Crippen molar-refractivity contribution in [2.75, 3.05) is 6.61 Å².